The molecule has 0 amide bonds. The highest BCUT2D eigenvalue weighted by Crippen LogP contribution is 2.27. The Kier molecular flexibility index (Phi) is 3.25. The largest absolute Gasteiger partial charge is 0.256 e. The molecule has 0 aliphatic rings. The molecule has 2 aromatic carbocycles. The number of nitrogens with zero attached hydrogens (tertiary/aromatic N) is 1. The fourth-order valence-electron chi connectivity index (χ4n) is 2.10. The maximum absolute atomic E-state index is 13.8. The molecule has 0 bridgehead atoms. The van der Waals surface area contributed by atoms with Gasteiger partial charge in [-0.15, -0.1) is 0 Å². The molecule has 0 fully saturated rings. The number of benzene rings is 2. The average Bonchev–Trinajstić information content (AvgIpc) is 2.51. The van der Waals surface area contributed by atoms with Crippen molar-refractivity contribution in [2.45, 2.75) is 0 Å². The van der Waals surface area contributed by atoms with Crippen molar-refractivity contribution in [3.63, 3.8) is 0 Å². The Morgan fingerprint density at radius 2 is 1.60 bits per heavy atom. The van der Waals surface area contributed by atoms with E-state index in [1.807, 2.05) is 30.3 Å². The topological polar surface area (TPSA) is 12.9 Å². The Labute approximate surface area is 115 Å². The van der Waals surface area contributed by atoms with E-state index in [4.69, 9.17) is 0 Å². The molecule has 0 unspecified atom stereocenters. The summed E-state index contributed by atoms with van der Waals surface area (Å²) in [6.45, 7) is 0. The van der Waals surface area contributed by atoms with Crippen molar-refractivity contribution in [3.05, 3.63) is 78.5 Å². The van der Waals surface area contributed by atoms with E-state index in [9.17, 15) is 8.78 Å². The van der Waals surface area contributed by atoms with E-state index in [0.29, 0.717) is 5.56 Å². The molecule has 1 heterocycles. The number of rotatable bonds is 2. The van der Waals surface area contributed by atoms with Crippen LogP contribution in [0.1, 0.15) is 0 Å². The van der Waals surface area contributed by atoms with Gasteiger partial charge in [0, 0.05) is 17.3 Å². The summed E-state index contributed by atoms with van der Waals surface area (Å²) in [4.78, 5) is 4.26. The molecule has 0 spiro atoms. The molecule has 3 rings (SSSR count). The van der Waals surface area contributed by atoms with Crippen molar-refractivity contribution < 1.29 is 8.78 Å². The van der Waals surface area contributed by atoms with E-state index in [1.165, 1.54) is 6.07 Å². The highest BCUT2D eigenvalue weighted by Gasteiger charge is 2.08. The van der Waals surface area contributed by atoms with E-state index >= 15 is 0 Å². The van der Waals surface area contributed by atoms with Crippen molar-refractivity contribution in [2.75, 3.05) is 0 Å². The van der Waals surface area contributed by atoms with Gasteiger partial charge >= 0.3 is 0 Å². The third-order valence-corrected chi connectivity index (χ3v) is 3.06. The van der Waals surface area contributed by atoms with Crippen LogP contribution in [0.25, 0.3) is 22.4 Å². The summed E-state index contributed by atoms with van der Waals surface area (Å²) in [5.41, 5.74) is 2.55. The Hall–Kier alpha value is -2.55. The minimum Gasteiger partial charge on any atom is -0.256 e. The monoisotopic (exact) mass is 267 g/mol. The summed E-state index contributed by atoms with van der Waals surface area (Å²) >= 11 is 0. The van der Waals surface area contributed by atoms with Gasteiger partial charge in [0.1, 0.15) is 11.6 Å². The first-order valence-electron chi connectivity index (χ1n) is 6.21. The van der Waals surface area contributed by atoms with Gasteiger partial charge in [-0.25, -0.2) is 8.78 Å². The van der Waals surface area contributed by atoms with Crippen LogP contribution in [0.5, 0.6) is 0 Å². The predicted molar refractivity (Wildman–Crippen MR) is 75.0 cm³/mol. The molecule has 0 N–H and O–H groups in total. The van der Waals surface area contributed by atoms with Gasteiger partial charge in [0.2, 0.25) is 0 Å². The molecule has 1 aromatic heterocycles. The standard InChI is InChI=1S/C17H11F2N/c18-14-7-8-16(19)15(11-14)12-4-3-5-13(10-12)17-6-1-2-9-20-17/h1-11H. The first-order chi connectivity index (χ1) is 9.74. The van der Waals surface area contributed by atoms with Gasteiger partial charge < -0.3 is 0 Å². The summed E-state index contributed by atoms with van der Waals surface area (Å²) in [7, 11) is 0. The van der Waals surface area contributed by atoms with Crippen LogP contribution < -0.4 is 0 Å². The number of hydrogen-bond donors (Lipinski definition) is 0. The van der Waals surface area contributed by atoms with Gasteiger partial charge in [0.25, 0.3) is 0 Å². The maximum atomic E-state index is 13.8. The van der Waals surface area contributed by atoms with Gasteiger partial charge in [-0.1, -0.05) is 24.3 Å². The van der Waals surface area contributed by atoms with Crippen LogP contribution in [0.2, 0.25) is 0 Å². The number of hydrogen-bond acceptors (Lipinski definition) is 1. The Morgan fingerprint density at radius 1 is 0.750 bits per heavy atom. The van der Waals surface area contributed by atoms with Crippen molar-refractivity contribution >= 4 is 0 Å². The van der Waals surface area contributed by atoms with Crippen LogP contribution in [-0.2, 0) is 0 Å². The first-order valence-corrected chi connectivity index (χ1v) is 6.21. The maximum Gasteiger partial charge on any atom is 0.131 e. The van der Waals surface area contributed by atoms with Gasteiger partial charge in [0.15, 0.2) is 0 Å². The molecule has 3 heteroatoms. The Balaban J connectivity index is 2.10. The smallest absolute Gasteiger partial charge is 0.131 e. The summed E-state index contributed by atoms with van der Waals surface area (Å²) in [6, 6.07) is 16.3. The Bertz CT molecular complexity index is 739. The highest BCUT2D eigenvalue weighted by atomic mass is 19.1. The second kappa shape index (κ2) is 5.21. The lowest BCUT2D eigenvalue weighted by Gasteiger charge is -2.06. The van der Waals surface area contributed by atoms with Crippen LogP contribution in [0.4, 0.5) is 8.78 Å². The summed E-state index contributed by atoms with van der Waals surface area (Å²) in [5, 5.41) is 0. The zero-order valence-corrected chi connectivity index (χ0v) is 10.6. The predicted octanol–water partition coefficient (Wildman–Crippen LogP) is 4.69. The molecule has 1 nitrogen and oxygen atoms in total. The lowest BCUT2D eigenvalue weighted by atomic mass is 10.0. The number of aromatic nitrogens is 1. The van der Waals surface area contributed by atoms with E-state index in [1.54, 1.807) is 18.3 Å². The lowest BCUT2D eigenvalue weighted by Crippen LogP contribution is -1.88. The lowest BCUT2D eigenvalue weighted by molar-refractivity contribution is 0.603. The number of halogens is 2. The van der Waals surface area contributed by atoms with E-state index in [-0.39, 0.29) is 5.56 Å². The molecular weight excluding hydrogens is 256 g/mol. The first kappa shape index (κ1) is 12.5. The SMILES string of the molecule is Fc1ccc(F)c(-c2cccc(-c3ccccn3)c2)c1. The van der Waals surface area contributed by atoms with Crippen LogP contribution in [-0.4, -0.2) is 4.98 Å². The fraction of sp³-hybridized carbons (Fsp3) is 0. The molecule has 0 aliphatic heterocycles. The summed E-state index contributed by atoms with van der Waals surface area (Å²) in [5.74, 6) is -0.894. The molecular formula is C17H11F2N. The van der Waals surface area contributed by atoms with Crippen molar-refractivity contribution in [1.82, 2.24) is 4.98 Å². The van der Waals surface area contributed by atoms with E-state index < -0.39 is 11.6 Å². The third kappa shape index (κ3) is 2.43. The van der Waals surface area contributed by atoms with Crippen molar-refractivity contribution in [1.29, 1.82) is 0 Å². The highest BCUT2D eigenvalue weighted by molar-refractivity contribution is 5.71. The molecule has 3 aromatic rings. The second-order valence-corrected chi connectivity index (χ2v) is 4.42. The molecule has 0 radical (unpaired) electrons. The molecule has 0 aliphatic carbocycles. The van der Waals surface area contributed by atoms with Gasteiger partial charge in [0.05, 0.1) is 5.69 Å². The van der Waals surface area contributed by atoms with Crippen LogP contribution in [0, 0.1) is 11.6 Å². The zero-order valence-electron chi connectivity index (χ0n) is 10.6. The van der Waals surface area contributed by atoms with Crippen LogP contribution in [0.15, 0.2) is 66.9 Å². The van der Waals surface area contributed by atoms with Gasteiger partial charge in [-0.05, 0) is 42.0 Å². The summed E-state index contributed by atoms with van der Waals surface area (Å²) in [6.07, 6.45) is 1.70. The van der Waals surface area contributed by atoms with Gasteiger partial charge in [-0.3, -0.25) is 4.98 Å². The molecule has 20 heavy (non-hydrogen) atoms. The molecule has 98 valence electrons. The van der Waals surface area contributed by atoms with Crippen LogP contribution >= 0.6 is 0 Å². The summed E-state index contributed by atoms with van der Waals surface area (Å²) < 4.78 is 27.1. The minimum atomic E-state index is -0.454. The van der Waals surface area contributed by atoms with E-state index in [0.717, 1.165) is 23.4 Å². The quantitative estimate of drug-likeness (QED) is 0.656. The normalized spacial score (nSPS) is 10.5. The molecule has 0 saturated heterocycles. The molecule has 0 saturated carbocycles. The fourth-order valence-corrected chi connectivity index (χ4v) is 2.10. The minimum absolute atomic E-state index is 0.253. The van der Waals surface area contributed by atoms with Crippen LogP contribution in [0.3, 0.4) is 0 Å². The zero-order chi connectivity index (χ0) is 13.9. The third-order valence-electron chi connectivity index (χ3n) is 3.06. The van der Waals surface area contributed by atoms with Gasteiger partial charge in [-0.2, -0.15) is 0 Å². The van der Waals surface area contributed by atoms with Crippen molar-refractivity contribution in [2.24, 2.45) is 0 Å². The Morgan fingerprint density at radius 3 is 2.40 bits per heavy atom. The number of pyridine rings is 1. The second-order valence-electron chi connectivity index (χ2n) is 4.42. The van der Waals surface area contributed by atoms with Crippen molar-refractivity contribution in [3.8, 4) is 22.4 Å². The van der Waals surface area contributed by atoms with E-state index in [2.05, 4.69) is 4.98 Å². The molecule has 0 atom stereocenters. The average molecular weight is 267 g/mol.